The van der Waals surface area contributed by atoms with E-state index in [2.05, 4.69) is 37.4 Å². The van der Waals surface area contributed by atoms with Crippen LogP contribution in [-0.2, 0) is 11.3 Å². The number of hydrogen-bond donors (Lipinski definition) is 3. The van der Waals surface area contributed by atoms with Gasteiger partial charge in [-0.25, -0.2) is 9.98 Å². The molecule has 4 rings (SSSR count). The summed E-state index contributed by atoms with van der Waals surface area (Å²) in [5.74, 6) is 2.81. The Balaban J connectivity index is 1.65. The zero-order valence-corrected chi connectivity index (χ0v) is 14.0. The lowest BCUT2D eigenvalue weighted by molar-refractivity contribution is 0.000757. The predicted molar refractivity (Wildman–Crippen MR) is 94.2 cm³/mol. The molecule has 0 aliphatic carbocycles. The largest absolute Gasteiger partial charge is 0.350 e. The van der Waals surface area contributed by atoms with E-state index < -0.39 is 0 Å². The van der Waals surface area contributed by atoms with E-state index in [1.807, 2.05) is 13.1 Å². The molecule has 8 nitrogen and oxygen atoms in total. The van der Waals surface area contributed by atoms with Crippen LogP contribution in [0.25, 0.3) is 5.57 Å². The van der Waals surface area contributed by atoms with Gasteiger partial charge in [0, 0.05) is 24.9 Å². The Kier molecular flexibility index (Phi) is 4.07. The second-order valence-electron chi connectivity index (χ2n) is 6.15. The van der Waals surface area contributed by atoms with Crippen LogP contribution in [-0.4, -0.2) is 47.5 Å². The summed E-state index contributed by atoms with van der Waals surface area (Å²) in [6.07, 6.45) is 4.55. The summed E-state index contributed by atoms with van der Waals surface area (Å²) in [6, 6.07) is 0. The van der Waals surface area contributed by atoms with Gasteiger partial charge in [-0.2, -0.15) is 0 Å². The van der Waals surface area contributed by atoms with Crippen molar-refractivity contribution in [1.29, 1.82) is 0 Å². The third-order valence-corrected chi connectivity index (χ3v) is 4.52. The van der Waals surface area contributed by atoms with Crippen molar-refractivity contribution in [2.45, 2.75) is 39.1 Å². The van der Waals surface area contributed by atoms with Gasteiger partial charge in [-0.05, 0) is 26.8 Å². The molecule has 24 heavy (non-hydrogen) atoms. The smallest absolute Gasteiger partial charge is 0.196 e. The fraction of sp³-hybridized carbons (Fsp3) is 0.562. The number of aliphatic imine (C=N–C) groups is 2. The van der Waals surface area contributed by atoms with Gasteiger partial charge in [-0.1, -0.05) is 0 Å². The van der Waals surface area contributed by atoms with Crippen molar-refractivity contribution in [3.63, 3.8) is 0 Å². The summed E-state index contributed by atoms with van der Waals surface area (Å²) in [4.78, 5) is 13.8. The monoisotopic (exact) mass is 329 g/mol. The van der Waals surface area contributed by atoms with Crippen LogP contribution in [0, 0.1) is 0 Å². The highest BCUT2D eigenvalue weighted by Gasteiger charge is 2.30. The molecule has 3 N–H and O–H groups in total. The fourth-order valence-electron chi connectivity index (χ4n) is 3.23. The molecule has 1 aromatic rings. The number of nitrogens with zero attached hydrogens (tertiary/aromatic N) is 4. The number of imidazole rings is 1. The minimum Gasteiger partial charge on any atom is -0.350 e. The third kappa shape index (κ3) is 2.71. The standard InChI is InChI=1S/C16H23N7O/c1-3-23-14(11-6-18-10(2)19-7-11)22-13-15(23)20-9-21-16(13)24-12-4-5-17-8-12/h6,9,12,16-17H,3-5,7-8H2,1-2H3,(H,18,19)(H,20,21). The Morgan fingerprint density at radius 3 is 3.00 bits per heavy atom. The second kappa shape index (κ2) is 6.37. The van der Waals surface area contributed by atoms with E-state index in [-0.39, 0.29) is 12.3 Å². The van der Waals surface area contributed by atoms with E-state index in [4.69, 9.17) is 9.72 Å². The van der Waals surface area contributed by atoms with E-state index in [0.717, 1.165) is 54.8 Å². The summed E-state index contributed by atoms with van der Waals surface area (Å²) >= 11 is 0. The fourth-order valence-corrected chi connectivity index (χ4v) is 3.23. The van der Waals surface area contributed by atoms with Gasteiger partial charge in [-0.3, -0.25) is 4.99 Å². The third-order valence-electron chi connectivity index (χ3n) is 4.52. The topological polar surface area (TPSA) is 87.9 Å². The quantitative estimate of drug-likeness (QED) is 0.770. The molecule has 0 saturated carbocycles. The Morgan fingerprint density at radius 2 is 2.29 bits per heavy atom. The lowest BCUT2D eigenvalue weighted by Crippen LogP contribution is -2.22. The SMILES string of the molecule is CCn1c(C2=CNC(C)=NC2)nc2c1NC=NC2OC1CCNC1. The van der Waals surface area contributed by atoms with Crippen molar-refractivity contribution in [1.82, 2.24) is 20.2 Å². The van der Waals surface area contributed by atoms with Gasteiger partial charge >= 0.3 is 0 Å². The van der Waals surface area contributed by atoms with E-state index in [1.165, 1.54) is 0 Å². The molecule has 0 radical (unpaired) electrons. The van der Waals surface area contributed by atoms with Gasteiger partial charge < -0.3 is 25.3 Å². The summed E-state index contributed by atoms with van der Waals surface area (Å²) in [5.41, 5.74) is 1.92. The summed E-state index contributed by atoms with van der Waals surface area (Å²) in [7, 11) is 0. The zero-order valence-electron chi connectivity index (χ0n) is 14.0. The number of fused-ring (bicyclic) bond motifs is 1. The summed E-state index contributed by atoms with van der Waals surface area (Å²) in [5, 5.41) is 9.73. The average Bonchev–Trinajstić information content (AvgIpc) is 3.23. The maximum atomic E-state index is 6.16. The van der Waals surface area contributed by atoms with E-state index in [1.54, 1.807) is 6.34 Å². The number of rotatable bonds is 4. The molecule has 3 aliphatic heterocycles. The number of amidine groups is 1. The molecule has 2 unspecified atom stereocenters. The lowest BCUT2D eigenvalue weighted by atomic mass is 10.2. The predicted octanol–water partition coefficient (Wildman–Crippen LogP) is 1.10. The van der Waals surface area contributed by atoms with Gasteiger partial charge in [0.2, 0.25) is 0 Å². The number of ether oxygens (including phenoxy) is 1. The Morgan fingerprint density at radius 1 is 1.38 bits per heavy atom. The number of nitrogens with one attached hydrogen (secondary N) is 3. The highest BCUT2D eigenvalue weighted by atomic mass is 16.5. The maximum absolute atomic E-state index is 6.16. The van der Waals surface area contributed by atoms with Crippen molar-refractivity contribution in [3.05, 3.63) is 17.7 Å². The minimum atomic E-state index is -0.347. The van der Waals surface area contributed by atoms with Gasteiger partial charge in [0.05, 0.1) is 24.8 Å². The van der Waals surface area contributed by atoms with Crippen LogP contribution in [0.3, 0.4) is 0 Å². The summed E-state index contributed by atoms with van der Waals surface area (Å²) < 4.78 is 8.32. The van der Waals surface area contributed by atoms with Crippen LogP contribution in [0.15, 0.2) is 16.2 Å². The second-order valence-corrected chi connectivity index (χ2v) is 6.15. The molecule has 0 spiro atoms. The number of aromatic nitrogens is 2. The van der Waals surface area contributed by atoms with E-state index in [0.29, 0.717) is 6.54 Å². The van der Waals surface area contributed by atoms with Crippen LogP contribution in [0.2, 0.25) is 0 Å². The Hall–Kier alpha value is -2.19. The Bertz CT molecular complexity index is 712. The van der Waals surface area contributed by atoms with Crippen molar-refractivity contribution < 1.29 is 4.74 Å². The first-order valence-electron chi connectivity index (χ1n) is 8.48. The van der Waals surface area contributed by atoms with Crippen LogP contribution in [0.5, 0.6) is 0 Å². The molecular weight excluding hydrogens is 306 g/mol. The van der Waals surface area contributed by atoms with Gasteiger partial charge in [-0.15, -0.1) is 0 Å². The molecule has 0 aromatic carbocycles. The highest BCUT2D eigenvalue weighted by Crippen LogP contribution is 2.33. The molecule has 3 aliphatic rings. The van der Waals surface area contributed by atoms with E-state index >= 15 is 0 Å². The molecule has 0 bridgehead atoms. The lowest BCUT2D eigenvalue weighted by Gasteiger charge is -2.21. The van der Waals surface area contributed by atoms with Crippen LogP contribution >= 0.6 is 0 Å². The number of hydrogen-bond acceptors (Lipinski definition) is 7. The molecule has 8 heteroatoms. The molecule has 2 atom stereocenters. The van der Waals surface area contributed by atoms with Gasteiger partial charge in [0.15, 0.2) is 6.23 Å². The maximum Gasteiger partial charge on any atom is 0.196 e. The molecule has 1 aromatic heterocycles. The van der Waals surface area contributed by atoms with Gasteiger partial charge in [0.1, 0.15) is 17.3 Å². The molecule has 128 valence electrons. The van der Waals surface area contributed by atoms with Gasteiger partial charge in [0.25, 0.3) is 0 Å². The van der Waals surface area contributed by atoms with Crippen molar-refractivity contribution in [2.75, 3.05) is 25.0 Å². The van der Waals surface area contributed by atoms with Crippen molar-refractivity contribution in [3.8, 4) is 0 Å². The normalized spacial score (nSPS) is 25.6. The molecule has 0 amide bonds. The molecule has 4 heterocycles. The van der Waals surface area contributed by atoms with Crippen molar-refractivity contribution >= 4 is 23.6 Å². The molecular formula is C16H23N7O. The number of anilines is 1. The molecule has 1 saturated heterocycles. The Labute approximate surface area is 141 Å². The first-order chi connectivity index (χ1) is 11.8. The first kappa shape index (κ1) is 15.3. The van der Waals surface area contributed by atoms with E-state index in [9.17, 15) is 0 Å². The molecule has 1 fully saturated rings. The zero-order chi connectivity index (χ0) is 16.5. The van der Waals surface area contributed by atoms with Crippen molar-refractivity contribution in [2.24, 2.45) is 9.98 Å². The minimum absolute atomic E-state index is 0.191. The van der Waals surface area contributed by atoms with Crippen LogP contribution in [0.4, 0.5) is 5.82 Å². The highest BCUT2D eigenvalue weighted by molar-refractivity contribution is 5.86. The average molecular weight is 329 g/mol. The van der Waals surface area contributed by atoms with Crippen LogP contribution < -0.4 is 16.0 Å². The first-order valence-corrected chi connectivity index (χ1v) is 8.48. The summed E-state index contributed by atoms with van der Waals surface area (Å²) in [6.45, 7) is 7.39. The van der Waals surface area contributed by atoms with Crippen LogP contribution in [0.1, 0.15) is 38.0 Å².